The lowest BCUT2D eigenvalue weighted by Gasteiger charge is -2.13. The summed E-state index contributed by atoms with van der Waals surface area (Å²) in [5.41, 5.74) is 4.25. The maximum atomic E-state index is 13.2. The number of amides is 2. The Labute approximate surface area is 181 Å². The Kier molecular flexibility index (Phi) is 5.23. The van der Waals surface area contributed by atoms with Crippen molar-refractivity contribution < 1.29 is 9.59 Å². The van der Waals surface area contributed by atoms with Gasteiger partial charge in [0.15, 0.2) is 0 Å². The summed E-state index contributed by atoms with van der Waals surface area (Å²) < 4.78 is 1.50. The van der Waals surface area contributed by atoms with Gasteiger partial charge in [0.05, 0.1) is 0 Å². The van der Waals surface area contributed by atoms with Gasteiger partial charge in [-0.3, -0.25) is 19.0 Å². The highest BCUT2D eigenvalue weighted by atomic mass is 16.2. The molecule has 0 saturated carbocycles. The zero-order chi connectivity index (χ0) is 22.3. The Hall–Kier alpha value is -3.67. The lowest BCUT2D eigenvalue weighted by atomic mass is 10.0. The SMILES string of the molecule is Cc1ccn(-c2cccc(C(C)C)c2)c(=O)c1C(=O)Nc1ccc2c(c1)CN(C)C2=O. The molecule has 0 bridgehead atoms. The maximum Gasteiger partial charge on any atom is 0.268 e. The maximum absolute atomic E-state index is 13.2. The van der Waals surface area contributed by atoms with Gasteiger partial charge in [0, 0.05) is 36.7 Å². The quantitative estimate of drug-likeness (QED) is 0.697. The number of pyridine rings is 1. The molecule has 6 heteroatoms. The number of nitrogens with one attached hydrogen (secondary N) is 1. The fourth-order valence-corrected chi connectivity index (χ4v) is 3.88. The first-order valence-electron chi connectivity index (χ1n) is 10.3. The largest absolute Gasteiger partial charge is 0.337 e. The van der Waals surface area contributed by atoms with Crippen LogP contribution < -0.4 is 10.9 Å². The second-order valence-electron chi connectivity index (χ2n) is 8.29. The number of benzene rings is 2. The van der Waals surface area contributed by atoms with Gasteiger partial charge in [-0.25, -0.2) is 0 Å². The zero-order valence-corrected chi connectivity index (χ0v) is 18.1. The van der Waals surface area contributed by atoms with Crippen molar-refractivity contribution in [1.29, 1.82) is 0 Å². The van der Waals surface area contributed by atoms with E-state index in [-0.39, 0.29) is 17.0 Å². The Bertz CT molecular complexity index is 1260. The molecule has 0 saturated heterocycles. The van der Waals surface area contributed by atoms with E-state index in [9.17, 15) is 14.4 Å². The van der Waals surface area contributed by atoms with Gasteiger partial charge in [0.25, 0.3) is 17.4 Å². The van der Waals surface area contributed by atoms with Crippen molar-refractivity contribution in [3.63, 3.8) is 0 Å². The van der Waals surface area contributed by atoms with E-state index in [1.165, 1.54) is 4.57 Å². The van der Waals surface area contributed by atoms with Crippen LogP contribution in [0, 0.1) is 6.92 Å². The van der Waals surface area contributed by atoms with Crippen LogP contribution in [0.1, 0.15) is 57.2 Å². The highest BCUT2D eigenvalue weighted by molar-refractivity contribution is 6.05. The molecule has 0 spiro atoms. The summed E-state index contributed by atoms with van der Waals surface area (Å²) in [6.07, 6.45) is 1.70. The average molecular weight is 415 g/mol. The van der Waals surface area contributed by atoms with Crippen molar-refractivity contribution in [3.8, 4) is 5.69 Å². The van der Waals surface area contributed by atoms with E-state index in [2.05, 4.69) is 19.2 Å². The smallest absolute Gasteiger partial charge is 0.268 e. The number of aromatic nitrogens is 1. The first kappa shape index (κ1) is 20.6. The zero-order valence-electron chi connectivity index (χ0n) is 18.1. The van der Waals surface area contributed by atoms with Gasteiger partial charge in [-0.2, -0.15) is 0 Å². The summed E-state index contributed by atoms with van der Waals surface area (Å²) in [6, 6.07) is 14.7. The molecule has 31 heavy (non-hydrogen) atoms. The van der Waals surface area contributed by atoms with E-state index in [1.54, 1.807) is 49.3 Å². The average Bonchev–Trinajstić information content (AvgIpc) is 3.01. The van der Waals surface area contributed by atoms with E-state index in [0.29, 0.717) is 29.3 Å². The van der Waals surface area contributed by atoms with Crippen molar-refractivity contribution in [2.24, 2.45) is 0 Å². The van der Waals surface area contributed by atoms with Gasteiger partial charge < -0.3 is 10.2 Å². The van der Waals surface area contributed by atoms with E-state index in [0.717, 1.165) is 16.8 Å². The molecule has 2 amide bonds. The minimum atomic E-state index is -0.463. The van der Waals surface area contributed by atoms with Crippen LogP contribution >= 0.6 is 0 Å². The highest BCUT2D eigenvalue weighted by Crippen LogP contribution is 2.25. The molecule has 1 N–H and O–H groups in total. The summed E-state index contributed by atoms with van der Waals surface area (Å²) in [7, 11) is 1.74. The van der Waals surface area contributed by atoms with Crippen molar-refractivity contribution in [2.75, 3.05) is 12.4 Å². The Morgan fingerprint density at radius 2 is 1.84 bits per heavy atom. The van der Waals surface area contributed by atoms with Crippen molar-refractivity contribution >= 4 is 17.5 Å². The van der Waals surface area contributed by atoms with Gasteiger partial charge in [-0.1, -0.05) is 26.0 Å². The Morgan fingerprint density at radius 3 is 2.58 bits per heavy atom. The minimum Gasteiger partial charge on any atom is -0.337 e. The number of carbonyl (C=O) groups excluding carboxylic acids is 2. The first-order valence-corrected chi connectivity index (χ1v) is 10.3. The van der Waals surface area contributed by atoms with E-state index in [4.69, 9.17) is 0 Å². The normalized spacial score (nSPS) is 12.9. The number of anilines is 1. The molecule has 6 nitrogen and oxygen atoms in total. The van der Waals surface area contributed by atoms with Crippen LogP contribution in [0.5, 0.6) is 0 Å². The summed E-state index contributed by atoms with van der Waals surface area (Å²) in [4.78, 5) is 40.0. The predicted octanol–water partition coefficient (Wildman–Crippen LogP) is 4.11. The molecule has 0 radical (unpaired) electrons. The fraction of sp³-hybridized carbons (Fsp3) is 0.240. The molecule has 2 heterocycles. The topological polar surface area (TPSA) is 71.4 Å². The summed E-state index contributed by atoms with van der Waals surface area (Å²) in [6.45, 7) is 6.44. The first-order chi connectivity index (χ1) is 14.8. The molecule has 1 aliphatic heterocycles. The van der Waals surface area contributed by atoms with Crippen molar-refractivity contribution in [1.82, 2.24) is 9.47 Å². The van der Waals surface area contributed by atoms with Crippen LogP contribution in [0.15, 0.2) is 59.5 Å². The lowest BCUT2D eigenvalue weighted by Crippen LogP contribution is -2.29. The third kappa shape index (κ3) is 3.77. The third-order valence-electron chi connectivity index (χ3n) is 5.69. The van der Waals surface area contributed by atoms with Crippen LogP contribution in [0.3, 0.4) is 0 Å². The number of carbonyl (C=O) groups is 2. The molecule has 4 rings (SSSR count). The van der Waals surface area contributed by atoms with Gasteiger partial charge in [0.2, 0.25) is 0 Å². The van der Waals surface area contributed by atoms with Crippen molar-refractivity contribution in [2.45, 2.75) is 33.2 Å². The van der Waals surface area contributed by atoms with Crippen LogP contribution in [0.25, 0.3) is 5.69 Å². The van der Waals surface area contributed by atoms with Gasteiger partial charge >= 0.3 is 0 Å². The predicted molar refractivity (Wildman–Crippen MR) is 121 cm³/mol. The molecular weight excluding hydrogens is 390 g/mol. The highest BCUT2D eigenvalue weighted by Gasteiger charge is 2.25. The van der Waals surface area contributed by atoms with Crippen LogP contribution in [0.4, 0.5) is 5.69 Å². The van der Waals surface area contributed by atoms with E-state index < -0.39 is 5.91 Å². The number of nitrogens with zero attached hydrogens (tertiary/aromatic N) is 2. The third-order valence-corrected chi connectivity index (χ3v) is 5.69. The Morgan fingerprint density at radius 1 is 1.06 bits per heavy atom. The molecular formula is C25H25N3O3. The van der Waals surface area contributed by atoms with Crippen molar-refractivity contribution in [3.05, 3.63) is 92.9 Å². The molecule has 0 fully saturated rings. The second-order valence-corrected chi connectivity index (χ2v) is 8.29. The number of aryl methyl sites for hydroxylation is 1. The van der Waals surface area contributed by atoms with Gasteiger partial charge in [-0.15, -0.1) is 0 Å². The second kappa shape index (κ2) is 7.87. The molecule has 3 aromatic rings. The fourth-order valence-electron chi connectivity index (χ4n) is 3.88. The van der Waals surface area contributed by atoms with E-state index >= 15 is 0 Å². The monoisotopic (exact) mass is 415 g/mol. The number of hydrogen-bond donors (Lipinski definition) is 1. The summed E-state index contributed by atoms with van der Waals surface area (Å²) in [5, 5.41) is 2.83. The number of fused-ring (bicyclic) bond motifs is 1. The van der Waals surface area contributed by atoms with Gasteiger partial charge in [0.1, 0.15) is 5.56 Å². The number of rotatable bonds is 4. The molecule has 0 unspecified atom stereocenters. The van der Waals surface area contributed by atoms with Crippen LogP contribution in [0.2, 0.25) is 0 Å². The summed E-state index contributed by atoms with van der Waals surface area (Å²) >= 11 is 0. The molecule has 158 valence electrons. The lowest BCUT2D eigenvalue weighted by molar-refractivity contribution is 0.0816. The molecule has 1 aromatic heterocycles. The minimum absolute atomic E-state index is 0.0294. The standard InChI is InChI=1S/C25H25N3O3/c1-15(2)17-6-5-7-20(13-17)28-11-10-16(3)22(25(28)31)23(29)26-19-8-9-21-18(12-19)14-27(4)24(21)30/h5-13,15H,14H2,1-4H3,(H,26,29). The molecule has 0 atom stereocenters. The van der Waals surface area contributed by atoms with Crippen LogP contribution in [-0.4, -0.2) is 28.3 Å². The summed E-state index contributed by atoms with van der Waals surface area (Å²) in [5.74, 6) is -0.164. The van der Waals surface area contributed by atoms with Gasteiger partial charge in [-0.05, 0) is 65.9 Å². The van der Waals surface area contributed by atoms with E-state index in [1.807, 2.05) is 24.3 Å². The molecule has 1 aliphatic rings. The molecule has 0 aliphatic carbocycles. The molecule has 2 aromatic carbocycles. The Balaban J connectivity index is 1.68. The number of hydrogen-bond acceptors (Lipinski definition) is 3. The van der Waals surface area contributed by atoms with Crippen LogP contribution in [-0.2, 0) is 6.54 Å².